The lowest BCUT2D eigenvalue weighted by Crippen LogP contribution is -2.45. The first-order valence-electron chi connectivity index (χ1n) is 5.80. The second-order valence-electron chi connectivity index (χ2n) is 4.29. The largest absolute Gasteiger partial charge is 0.375 e. The van der Waals surface area contributed by atoms with E-state index in [0.29, 0.717) is 5.02 Å². The third-order valence-electron chi connectivity index (χ3n) is 2.69. The highest BCUT2D eigenvalue weighted by atomic mass is 35.5. The van der Waals surface area contributed by atoms with Crippen LogP contribution >= 0.6 is 11.6 Å². The highest BCUT2D eigenvalue weighted by molar-refractivity contribution is 6.30. The summed E-state index contributed by atoms with van der Waals surface area (Å²) >= 11 is 5.84. The van der Waals surface area contributed by atoms with Crippen molar-refractivity contribution < 1.29 is 9.53 Å². The number of nitrogens with one attached hydrogen (secondary N) is 1. The third-order valence-corrected chi connectivity index (χ3v) is 2.94. The molecule has 18 heavy (non-hydrogen) atoms. The van der Waals surface area contributed by atoms with Gasteiger partial charge in [0.2, 0.25) is 5.91 Å². The summed E-state index contributed by atoms with van der Waals surface area (Å²) < 4.78 is 5.42. The van der Waals surface area contributed by atoms with Gasteiger partial charge in [0.1, 0.15) is 6.10 Å². The molecule has 0 aliphatic heterocycles. The van der Waals surface area contributed by atoms with Crippen molar-refractivity contribution >= 4 is 17.5 Å². The maximum Gasteiger partial charge on any atom is 0.236 e. The average Bonchev–Trinajstić information content (AvgIpc) is 2.32. The molecule has 1 rings (SSSR count). The summed E-state index contributed by atoms with van der Waals surface area (Å²) in [5.41, 5.74) is 6.47. The minimum Gasteiger partial charge on any atom is -0.375 e. The zero-order valence-corrected chi connectivity index (χ0v) is 11.6. The average molecular weight is 271 g/mol. The van der Waals surface area contributed by atoms with Gasteiger partial charge in [-0.1, -0.05) is 23.7 Å². The molecule has 0 aliphatic carbocycles. The number of halogens is 1. The van der Waals surface area contributed by atoms with Crippen LogP contribution in [0.2, 0.25) is 5.02 Å². The Bertz CT molecular complexity index is 392. The lowest BCUT2D eigenvalue weighted by atomic mass is 10.0. The summed E-state index contributed by atoms with van der Waals surface area (Å²) in [4.78, 5) is 11.5. The molecule has 5 heteroatoms. The van der Waals surface area contributed by atoms with E-state index < -0.39 is 6.04 Å². The van der Waals surface area contributed by atoms with Crippen molar-refractivity contribution in [1.29, 1.82) is 0 Å². The van der Waals surface area contributed by atoms with Gasteiger partial charge in [0.05, 0.1) is 12.1 Å². The molecule has 0 aliphatic rings. The third kappa shape index (κ3) is 3.98. The van der Waals surface area contributed by atoms with E-state index in [1.54, 1.807) is 26.2 Å². The van der Waals surface area contributed by atoms with Crippen molar-refractivity contribution in [3.63, 3.8) is 0 Å². The van der Waals surface area contributed by atoms with Crippen molar-refractivity contribution in [3.05, 3.63) is 34.9 Å². The summed E-state index contributed by atoms with van der Waals surface area (Å²) in [6, 6.07) is 6.65. The van der Waals surface area contributed by atoms with Gasteiger partial charge in [-0.25, -0.2) is 0 Å². The van der Waals surface area contributed by atoms with Crippen LogP contribution in [-0.4, -0.2) is 25.1 Å². The SMILES string of the molecule is COC(c1ccc(Cl)cc1)C(C)NC(=O)[C@@H](C)N. The number of carbonyl (C=O) groups is 1. The molecule has 0 fully saturated rings. The quantitative estimate of drug-likeness (QED) is 0.859. The topological polar surface area (TPSA) is 64.3 Å². The molecule has 0 radical (unpaired) electrons. The van der Waals surface area contributed by atoms with Crippen LogP contribution in [0, 0.1) is 0 Å². The molecule has 0 spiro atoms. The second kappa shape index (κ2) is 6.73. The van der Waals surface area contributed by atoms with E-state index in [2.05, 4.69) is 5.32 Å². The number of methoxy groups -OCH3 is 1. The molecule has 1 amide bonds. The fourth-order valence-electron chi connectivity index (χ4n) is 1.71. The van der Waals surface area contributed by atoms with Crippen LogP contribution < -0.4 is 11.1 Å². The lowest BCUT2D eigenvalue weighted by Gasteiger charge is -2.25. The van der Waals surface area contributed by atoms with Crippen LogP contribution in [0.15, 0.2) is 24.3 Å². The highest BCUT2D eigenvalue weighted by Crippen LogP contribution is 2.22. The van der Waals surface area contributed by atoms with E-state index in [1.165, 1.54) is 0 Å². The maximum atomic E-state index is 11.5. The molecule has 1 aromatic carbocycles. The van der Waals surface area contributed by atoms with Crippen LogP contribution in [0.1, 0.15) is 25.5 Å². The Morgan fingerprint density at radius 3 is 2.33 bits per heavy atom. The lowest BCUT2D eigenvalue weighted by molar-refractivity contribution is -0.123. The Hall–Kier alpha value is -1.10. The second-order valence-corrected chi connectivity index (χ2v) is 4.73. The highest BCUT2D eigenvalue weighted by Gasteiger charge is 2.21. The molecule has 100 valence electrons. The van der Waals surface area contributed by atoms with E-state index in [9.17, 15) is 4.79 Å². The molecule has 3 atom stereocenters. The zero-order valence-electron chi connectivity index (χ0n) is 10.8. The predicted octanol–water partition coefficient (Wildman–Crippen LogP) is 1.88. The van der Waals surface area contributed by atoms with Crippen LogP contribution in [0.25, 0.3) is 0 Å². The van der Waals surface area contributed by atoms with Crippen molar-refractivity contribution in [2.75, 3.05) is 7.11 Å². The number of amides is 1. The van der Waals surface area contributed by atoms with Gasteiger partial charge in [0.15, 0.2) is 0 Å². The fourth-order valence-corrected chi connectivity index (χ4v) is 1.84. The minimum atomic E-state index is -0.532. The van der Waals surface area contributed by atoms with Crippen LogP contribution in [0.4, 0.5) is 0 Å². The molecule has 3 N–H and O–H groups in total. The molecule has 0 saturated heterocycles. The van der Waals surface area contributed by atoms with Gasteiger partial charge < -0.3 is 15.8 Å². The van der Waals surface area contributed by atoms with Gasteiger partial charge in [-0.15, -0.1) is 0 Å². The minimum absolute atomic E-state index is 0.172. The number of hydrogen-bond acceptors (Lipinski definition) is 3. The van der Waals surface area contributed by atoms with Crippen molar-refractivity contribution in [2.45, 2.75) is 32.0 Å². The van der Waals surface area contributed by atoms with Crippen LogP contribution in [0.5, 0.6) is 0 Å². The summed E-state index contributed by atoms with van der Waals surface area (Å²) in [6.45, 7) is 3.52. The maximum absolute atomic E-state index is 11.5. The molecule has 0 heterocycles. The summed E-state index contributed by atoms with van der Waals surface area (Å²) in [6.07, 6.45) is -0.232. The smallest absolute Gasteiger partial charge is 0.236 e. The Kier molecular flexibility index (Phi) is 5.59. The van der Waals surface area contributed by atoms with Crippen molar-refractivity contribution in [3.8, 4) is 0 Å². The monoisotopic (exact) mass is 270 g/mol. The molecule has 1 aromatic rings. The summed E-state index contributed by atoms with van der Waals surface area (Å²) in [7, 11) is 1.60. The number of benzene rings is 1. The standard InChI is InChI=1S/C13H19ClN2O2/c1-8(15)13(17)16-9(2)12(18-3)10-4-6-11(14)7-5-10/h4-9,12H,15H2,1-3H3,(H,16,17)/t8-,9?,12?/m1/s1. The van der Waals surface area contributed by atoms with Crippen molar-refractivity contribution in [1.82, 2.24) is 5.32 Å². The first-order valence-corrected chi connectivity index (χ1v) is 6.17. The van der Waals surface area contributed by atoms with E-state index in [-0.39, 0.29) is 18.1 Å². The summed E-state index contributed by atoms with van der Waals surface area (Å²) in [5.74, 6) is -0.196. The first kappa shape index (κ1) is 15.0. The molecule has 0 bridgehead atoms. The van der Waals surface area contributed by atoms with E-state index in [0.717, 1.165) is 5.56 Å². The normalized spacial score (nSPS) is 15.8. The van der Waals surface area contributed by atoms with Gasteiger partial charge >= 0.3 is 0 Å². The van der Waals surface area contributed by atoms with Crippen LogP contribution in [0.3, 0.4) is 0 Å². The first-order chi connectivity index (χ1) is 8.45. The molecule has 0 saturated carbocycles. The Morgan fingerprint density at radius 2 is 1.89 bits per heavy atom. The van der Waals surface area contributed by atoms with Crippen LogP contribution in [-0.2, 0) is 9.53 Å². The Balaban J connectivity index is 2.76. The van der Waals surface area contributed by atoms with Crippen molar-refractivity contribution in [2.24, 2.45) is 5.73 Å². The number of carbonyl (C=O) groups excluding carboxylic acids is 1. The molecule has 2 unspecified atom stereocenters. The molecular formula is C13H19ClN2O2. The number of nitrogens with two attached hydrogens (primary N) is 1. The predicted molar refractivity (Wildman–Crippen MR) is 72.5 cm³/mol. The van der Waals surface area contributed by atoms with Gasteiger partial charge in [-0.3, -0.25) is 4.79 Å². The fraction of sp³-hybridized carbons (Fsp3) is 0.462. The van der Waals surface area contributed by atoms with E-state index >= 15 is 0 Å². The van der Waals surface area contributed by atoms with Gasteiger partial charge in [0, 0.05) is 12.1 Å². The molecule has 0 aromatic heterocycles. The Labute approximate surface area is 112 Å². The molecule has 4 nitrogen and oxygen atoms in total. The van der Waals surface area contributed by atoms with E-state index in [1.807, 2.05) is 19.1 Å². The number of hydrogen-bond donors (Lipinski definition) is 2. The van der Waals surface area contributed by atoms with Gasteiger partial charge in [-0.2, -0.15) is 0 Å². The molecular weight excluding hydrogens is 252 g/mol. The number of ether oxygens (including phenoxy) is 1. The Morgan fingerprint density at radius 1 is 1.33 bits per heavy atom. The number of rotatable bonds is 5. The summed E-state index contributed by atoms with van der Waals surface area (Å²) in [5, 5.41) is 3.49. The van der Waals surface area contributed by atoms with E-state index in [4.69, 9.17) is 22.1 Å². The van der Waals surface area contributed by atoms with Gasteiger partial charge in [0.25, 0.3) is 0 Å². The zero-order chi connectivity index (χ0) is 13.7. The van der Waals surface area contributed by atoms with Gasteiger partial charge in [-0.05, 0) is 31.5 Å².